The van der Waals surface area contributed by atoms with Crippen LogP contribution in [0.5, 0.6) is 0 Å². The van der Waals surface area contributed by atoms with Crippen LogP contribution in [-0.2, 0) is 9.59 Å². The van der Waals surface area contributed by atoms with Gasteiger partial charge < -0.3 is 21.0 Å². The Bertz CT molecular complexity index is 122. The van der Waals surface area contributed by atoms with Gasteiger partial charge in [0.25, 0.3) is 0 Å². The van der Waals surface area contributed by atoms with E-state index in [9.17, 15) is 9.59 Å². The molecule has 5 nitrogen and oxygen atoms in total. The van der Waals surface area contributed by atoms with E-state index in [1.165, 1.54) is 7.05 Å². The minimum absolute atomic E-state index is 0.0926. The number of aliphatic hydroxyl groups excluding tert-OH is 1. The van der Waals surface area contributed by atoms with Crippen molar-refractivity contribution < 1.29 is 14.7 Å². The highest BCUT2D eigenvalue weighted by molar-refractivity contribution is 5.75. The van der Waals surface area contributed by atoms with Crippen molar-refractivity contribution >= 4 is 11.7 Å². The summed E-state index contributed by atoms with van der Waals surface area (Å²) in [6.45, 7) is 5.25. The fourth-order valence-corrected chi connectivity index (χ4v) is 0.177. The number of hydrogen-bond acceptors (Lipinski definition) is 4. The average Bonchev–Trinajstić information content (AvgIpc) is 2.33. The zero-order chi connectivity index (χ0) is 13.3. The molecule has 0 unspecified atom stereocenters. The number of amides is 1. The van der Waals surface area contributed by atoms with Crippen molar-refractivity contribution in [3.8, 4) is 0 Å². The summed E-state index contributed by atoms with van der Waals surface area (Å²) in [6.07, 6.45) is 1.25. The van der Waals surface area contributed by atoms with Gasteiger partial charge in [-0.2, -0.15) is 0 Å². The van der Waals surface area contributed by atoms with Crippen molar-refractivity contribution in [3.05, 3.63) is 0 Å². The normalized spacial score (nSPS) is 6.40. The monoisotopic (exact) mass is 222 g/mol. The van der Waals surface area contributed by atoms with E-state index >= 15 is 0 Å². The fraction of sp³-hybridized carbons (Fsp3) is 0.800. The lowest BCUT2D eigenvalue weighted by molar-refractivity contribution is -0.120. The molecule has 0 aliphatic carbocycles. The summed E-state index contributed by atoms with van der Waals surface area (Å²) < 4.78 is 0. The lowest BCUT2D eigenvalue weighted by atomic mass is 10.4. The van der Waals surface area contributed by atoms with E-state index in [2.05, 4.69) is 11.1 Å². The largest absolute Gasteiger partial charge is 0.400 e. The SMILES string of the molecule is CCC(=O)NC.CCC(C)=O.CN.CO. The summed E-state index contributed by atoms with van der Waals surface area (Å²) >= 11 is 0. The molecule has 15 heavy (non-hydrogen) atoms. The first-order chi connectivity index (χ1) is 7.08. The Labute approximate surface area is 93.0 Å². The summed E-state index contributed by atoms with van der Waals surface area (Å²) in [5.41, 5.74) is 4.50. The van der Waals surface area contributed by atoms with Crippen LogP contribution in [0.2, 0.25) is 0 Å². The molecule has 1 amide bonds. The Morgan fingerprint density at radius 3 is 1.40 bits per heavy atom. The molecule has 0 saturated heterocycles. The lowest BCUT2D eigenvalue weighted by Crippen LogP contribution is -2.15. The molecular formula is C10H26N2O3. The number of nitrogens with two attached hydrogens (primary N) is 1. The zero-order valence-electron chi connectivity index (χ0n) is 10.8. The highest BCUT2D eigenvalue weighted by Crippen LogP contribution is 1.71. The molecule has 0 radical (unpaired) electrons. The second kappa shape index (κ2) is 29.2. The van der Waals surface area contributed by atoms with E-state index in [1.54, 1.807) is 14.0 Å². The number of ketones is 1. The van der Waals surface area contributed by atoms with Crippen LogP contribution in [0.15, 0.2) is 0 Å². The van der Waals surface area contributed by atoms with Crippen molar-refractivity contribution in [2.24, 2.45) is 5.73 Å². The first-order valence-electron chi connectivity index (χ1n) is 4.80. The zero-order valence-corrected chi connectivity index (χ0v) is 10.8. The average molecular weight is 222 g/mol. The molecule has 0 atom stereocenters. The molecule has 0 saturated carbocycles. The van der Waals surface area contributed by atoms with Gasteiger partial charge in [-0.05, 0) is 14.0 Å². The molecular weight excluding hydrogens is 196 g/mol. The summed E-state index contributed by atoms with van der Waals surface area (Å²) in [4.78, 5) is 19.9. The molecule has 0 bridgehead atoms. The molecule has 0 heterocycles. The van der Waals surface area contributed by atoms with Crippen molar-refractivity contribution in [2.45, 2.75) is 33.6 Å². The highest BCUT2D eigenvalue weighted by atomic mass is 16.2. The van der Waals surface area contributed by atoms with Gasteiger partial charge in [0.2, 0.25) is 5.91 Å². The van der Waals surface area contributed by atoms with Gasteiger partial charge in [0.1, 0.15) is 5.78 Å². The molecule has 0 aliphatic heterocycles. The standard InChI is InChI=1S/C4H9NO.C4H8O.CH5N.CH4O/c1-3-4(6)5-2;1-3-4(2)5;2*1-2/h3H2,1-2H3,(H,5,6);3H2,1-2H3;2H2,1H3;2H,1H3. The smallest absolute Gasteiger partial charge is 0.219 e. The Kier molecular flexibility index (Phi) is 46.2. The molecule has 0 aliphatic rings. The molecule has 5 heteroatoms. The number of Topliss-reactive ketones (excluding diaryl/α,β-unsaturated/α-hetero) is 1. The Hall–Kier alpha value is -0.940. The third kappa shape index (κ3) is 62.4. The predicted octanol–water partition coefficient (Wildman–Crippen LogP) is 0.311. The van der Waals surface area contributed by atoms with Crippen LogP contribution in [0, 0.1) is 0 Å². The Morgan fingerprint density at radius 2 is 1.40 bits per heavy atom. The molecule has 0 aromatic carbocycles. The summed E-state index contributed by atoms with van der Waals surface area (Å²) in [7, 11) is 4.13. The minimum Gasteiger partial charge on any atom is -0.400 e. The van der Waals surface area contributed by atoms with Crippen molar-refractivity contribution in [3.63, 3.8) is 0 Å². The van der Waals surface area contributed by atoms with E-state index in [4.69, 9.17) is 5.11 Å². The van der Waals surface area contributed by atoms with Gasteiger partial charge in [0, 0.05) is 27.0 Å². The van der Waals surface area contributed by atoms with Gasteiger partial charge in [0.05, 0.1) is 0 Å². The van der Waals surface area contributed by atoms with Gasteiger partial charge in [0.15, 0.2) is 0 Å². The molecule has 0 aromatic rings. The van der Waals surface area contributed by atoms with Gasteiger partial charge in [-0.3, -0.25) is 4.79 Å². The first-order valence-corrected chi connectivity index (χ1v) is 4.80. The maximum Gasteiger partial charge on any atom is 0.219 e. The lowest BCUT2D eigenvalue weighted by Gasteiger charge is -1.87. The van der Waals surface area contributed by atoms with E-state index in [0.717, 1.165) is 7.11 Å². The maximum absolute atomic E-state index is 10.1. The van der Waals surface area contributed by atoms with Crippen LogP contribution in [-0.4, -0.2) is 38.0 Å². The van der Waals surface area contributed by atoms with Crippen LogP contribution in [0.25, 0.3) is 0 Å². The highest BCUT2D eigenvalue weighted by Gasteiger charge is 1.84. The number of aliphatic hydroxyl groups is 1. The van der Waals surface area contributed by atoms with Gasteiger partial charge >= 0.3 is 0 Å². The predicted molar refractivity (Wildman–Crippen MR) is 63.6 cm³/mol. The molecule has 0 rings (SSSR count). The number of carbonyl (C=O) groups is 2. The van der Waals surface area contributed by atoms with E-state index < -0.39 is 0 Å². The first kappa shape index (κ1) is 23.7. The number of carbonyl (C=O) groups excluding carboxylic acids is 2. The van der Waals surface area contributed by atoms with Gasteiger partial charge in [-0.1, -0.05) is 13.8 Å². The van der Waals surface area contributed by atoms with E-state index in [0.29, 0.717) is 12.8 Å². The van der Waals surface area contributed by atoms with Crippen molar-refractivity contribution in [1.82, 2.24) is 5.32 Å². The van der Waals surface area contributed by atoms with Crippen molar-refractivity contribution in [1.29, 1.82) is 0 Å². The number of nitrogens with one attached hydrogen (secondary N) is 1. The minimum atomic E-state index is 0.0926. The van der Waals surface area contributed by atoms with Gasteiger partial charge in [-0.15, -0.1) is 0 Å². The summed E-state index contributed by atoms with van der Waals surface area (Å²) in [5.74, 6) is 0.347. The van der Waals surface area contributed by atoms with Crippen molar-refractivity contribution in [2.75, 3.05) is 21.2 Å². The topological polar surface area (TPSA) is 92.4 Å². The Balaban J connectivity index is -0.0000000610. The molecule has 0 fully saturated rings. The molecule has 94 valence electrons. The maximum atomic E-state index is 10.1. The molecule has 0 aromatic heterocycles. The number of rotatable bonds is 2. The molecule has 0 spiro atoms. The summed E-state index contributed by atoms with van der Waals surface area (Å²) in [6, 6.07) is 0. The van der Waals surface area contributed by atoms with Gasteiger partial charge in [-0.25, -0.2) is 0 Å². The van der Waals surface area contributed by atoms with Crippen LogP contribution in [0.4, 0.5) is 0 Å². The third-order valence-electron chi connectivity index (χ3n) is 1.10. The van der Waals surface area contributed by atoms with Crippen LogP contribution >= 0.6 is 0 Å². The second-order valence-electron chi connectivity index (χ2n) is 2.08. The van der Waals surface area contributed by atoms with E-state index in [-0.39, 0.29) is 11.7 Å². The summed E-state index contributed by atoms with van der Waals surface area (Å²) in [5, 5.41) is 9.48. The third-order valence-corrected chi connectivity index (χ3v) is 1.10. The van der Waals surface area contributed by atoms with E-state index in [1.807, 2.05) is 13.8 Å². The second-order valence-corrected chi connectivity index (χ2v) is 2.08. The quantitative estimate of drug-likeness (QED) is 0.627. The van der Waals surface area contributed by atoms with Crippen LogP contribution < -0.4 is 11.1 Å². The number of hydrogen-bond donors (Lipinski definition) is 3. The van der Waals surface area contributed by atoms with Crippen LogP contribution in [0.1, 0.15) is 33.6 Å². The fourth-order valence-electron chi connectivity index (χ4n) is 0.177. The molecule has 4 N–H and O–H groups in total. The Morgan fingerprint density at radius 1 is 1.13 bits per heavy atom. The van der Waals surface area contributed by atoms with Crippen LogP contribution in [0.3, 0.4) is 0 Å².